The summed E-state index contributed by atoms with van der Waals surface area (Å²) in [5.41, 5.74) is 1.71. The topological polar surface area (TPSA) is 119 Å². The maximum atomic E-state index is 12.6. The number of hydrogen-bond acceptors (Lipinski definition) is 6. The second-order valence-electron chi connectivity index (χ2n) is 6.13. The number of aromatic nitrogens is 4. The number of methoxy groups -OCH3 is 1. The number of aromatic amines is 1. The number of esters is 1. The number of amides is 1. The zero-order chi connectivity index (χ0) is 20.4. The molecule has 0 bridgehead atoms. The van der Waals surface area contributed by atoms with Crippen LogP contribution in [0.4, 0.5) is 5.69 Å². The van der Waals surface area contributed by atoms with E-state index in [1.807, 2.05) is 0 Å². The molecule has 0 spiro atoms. The van der Waals surface area contributed by atoms with Gasteiger partial charge in [0.2, 0.25) is 0 Å². The smallest absolute Gasteiger partial charge is 0.341 e. The van der Waals surface area contributed by atoms with Crippen molar-refractivity contribution in [2.24, 2.45) is 0 Å². The second-order valence-corrected chi connectivity index (χ2v) is 6.13. The molecule has 0 saturated carbocycles. The Morgan fingerprint density at radius 2 is 2.03 bits per heavy atom. The van der Waals surface area contributed by atoms with Crippen molar-refractivity contribution in [2.45, 2.75) is 0 Å². The van der Waals surface area contributed by atoms with Crippen LogP contribution < -0.4 is 10.9 Å². The number of hydrogen-bond donors (Lipinski definition) is 2. The van der Waals surface area contributed by atoms with Gasteiger partial charge in [0.15, 0.2) is 0 Å². The number of H-pyrrole nitrogens is 1. The molecule has 9 heteroatoms. The number of anilines is 1. The minimum absolute atomic E-state index is 0.133. The largest absolute Gasteiger partial charge is 0.465 e. The van der Waals surface area contributed by atoms with E-state index in [2.05, 4.69) is 20.5 Å². The average Bonchev–Trinajstić information content (AvgIpc) is 3.14. The van der Waals surface area contributed by atoms with Gasteiger partial charge in [-0.15, -0.1) is 0 Å². The maximum absolute atomic E-state index is 12.6. The van der Waals surface area contributed by atoms with Gasteiger partial charge in [0, 0.05) is 29.8 Å². The van der Waals surface area contributed by atoms with Crippen LogP contribution in [0.3, 0.4) is 0 Å². The lowest BCUT2D eigenvalue weighted by atomic mass is 10.1. The molecule has 0 radical (unpaired) electrons. The van der Waals surface area contributed by atoms with Gasteiger partial charge in [0.05, 0.1) is 24.6 Å². The van der Waals surface area contributed by atoms with Gasteiger partial charge in [-0.1, -0.05) is 6.07 Å². The van der Waals surface area contributed by atoms with Crippen molar-refractivity contribution in [3.8, 4) is 16.9 Å². The molecule has 0 atom stereocenters. The fraction of sp³-hybridized carbons (Fsp3) is 0.0500. The quantitative estimate of drug-likeness (QED) is 0.516. The molecule has 9 nitrogen and oxygen atoms in total. The molecule has 0 saturated heterocycles. The van der Waals surface area contributed by atoms with Gasteiger partial charge in [-0.05, 0) is 30.3 Å². The summed E-state index contributed by atoms with van der Waals surface area (Å²) in [4.78, 5) is 40.7. The van der Waals surface area contributed by atoms with Crippen LogP contribution in [0.1, 0.15) is 20.7 Å². The van der Waals surface area contributed by atoms with E-state index in [1.54, 1.807) is 59.6 Å². The molecule has 2 aliphatic heterocycles. The molecule has 0 unspecified atom stereocenters. The van der Waals surface area contributed by atoms with Crippen LogP contribution in [0.2, 0.25) is 0 Å². The van der Waals surface area contributed by atoms with E-state index in [0.29, 0.717) is 16.9 Å². The van der Waals surface area contributed by atoms with Gasteiger partial charge in [-0.2, -0.15) is 5.10 Å². The van der Waals surface area contributed by atoms with Gasteiger partial charge in [-0.3, -0.25) is 14.6 Å². The molecule has 4 rings (SSSR count). The average molecular weight is 389 g/mol. The van der Waals surface area contributed by atoms with Gasteiger partial charge in [-0.25, -0.2) is 9.89 Å². The zero-order valence-electron chi connectivity index (χ0n) is 15.2. The monoisotopic (exact) mass is 389 g/mol. The second kappa shape index (κ2) is 7.39. The number of ether oxygens (including phenoxy) is 1. The highest BCUT2D eigenvalue weighted by Gasteiger charge is 2.22. The fourth-order valence-electron chi connectivity index (χ4n) is 2.89. The Bertz CT molecular complexity index is 1230. The van der Waals surface area contributed by atoms with Crippen molar-refractivity contribution in [3.63, 3.8) is 0 Å². The number of carbonyl (C=O) groups excluding carboxylic acids is 2. The number of fused-ring (bicyclic) bond motifs is 1. The molecule has 2 aliphatic rings. The Morgan fingerprint density at radius 3 is 2.79 bits per heavy atom. The Hall–Kier alpha value is -4.27. The van der Waals surface area contributed by atoms with E-state index < -0.39 is 11.5 Å². The van der Waals surface area contributed by atoms with Gasteiger partial charge < -0.3 is 14.6 Å². The molecule has 0 aliphatic carbocycles. The molecule has 3 heterocycles. The first kappa shape index (κ1) is 18.1. The summed E-state index contributed by atoms with van der Waals surface area (Å²) in [6, 6.07) is 10.2. The number of pyridine rings is 2. The van der Waals surface area contributed by atoms with Crippen molar-refractivity contribution in [1.82, 2.24) is 19.7 Å². The number of nitrogens with zero attached hydrogens (tertiary/aromatic N) is 3. The number of nitrogens with one attached hydrogen (secondary N) is 2. The summed E-state index contributed by atoms with van der Waals surface area (Å²) in [6.45, 7) is 0. The summed E-state index contributed by atoms with van der Waals surface area (Å²) < 4.78 is 6.37. The minimum Gasteiger partial charge on any atom is -0.465 e. The summed E-state index contributed by atoms with van der Waals surface area (Å²) in [5, 5.41) is 8.99. The Balaban J connectivity index is 1.75. The first-order chi connectivity index (χ1) is 14.1. The first-order valence-electron chi connectivity index (χ1n) is 8.57. The molecule has 144 valence electrons. The van der Waals surface area contributed by atoms with Crippen LogP contribution in [0, 0.1) is 0 Å². The first-order valence-corrected chi connectivity index (χ1v) is 8.57. The van der Waals surface area contributed by atoms with Crippen molar-refractivity contribution in [3.05, 3.63) is 82.7 Å². The van der Waals surface area contributed by atoms with Crippen LogP contribution in [0.15, 0.2) is 66.0 Å². The fourth-order valence-corrected chi connectivity index (χ4v) is 2.89. The molecule has 0 fully saturated rings. The number of rotatable bonds is 4. The van der Waals surface area contributed by atoms with Crippen LogP contribution in [0.25, 0.3) is 16.9 Å². The summed E-state index contributed by atoms with van der Waals surface area (Å²) in [5.74, 6) is -0.941. The molecule has 1 aromatic carbocycles. The number of carbonyl (C=O) groups is 2. The van der Waals surface area contributed by atoms with Crippen LogP contribution in [-0.4, -0.2) is 38.7 Å². The molecule has 1 aromatic heterocycles. The van der Waals surface area contributed by atoms with Crippen molar-refractivity contribution in [1.29, 1.82) is 0 Å². The maximum Gasteiger partial charge on any atom is 0.341 e. The predicted molar refractivity (Wildman–Crippen MR) is 104 cm³/mol. The van der Waals surface area contributed by atoms with Gasteiger partial charge in [0.25, 0.3) is 11.5 Å². The van der Waals surface area contributed by atoms with Crippen molar-refractivity contribution < 1.29 is 14.3 Å². The molecule has 2 N–H and O–H groups in total. The van der Waals surface area contributed by atoms with E-state index in [4.69, 9.17) is 4.74 Å². The lowest BCUT2D eigenvalue weighted by Gasteiger charge is -2.13. The highest BCUT2D eigenvalue weighted by molar-refractivity contribution is 6.04. The molecule has 1 amide bonds. The predicted octanol–water partition coefficient (Wildman–Crippen LogP) is 2.10. The van der Waals surface area contributed by atoms with Gasteiger partial charge >= 0.3 is 5.97 Å². The normalized spacial score (nSPS) is 10.7. The van der Waals surface area contributed by atoms with Crippen LogP contribution in [0.5, 0.6) is 0 Å². The van der Waals surface area contributed by atoms with Crippen molar-refractivity contribution >= 4 is 17.6 Å². The van der Waals surface area contributed by atoms with Gasteiger partial charge in [0.1, 0.15) is 11.3 Å². The molecule has 2 aromatic rings. The minimum atomic E-state index is -0.624. The summed E-state index contributed by atoms with van der Waals surface area (Å²) >= 11 is 0. The Labute approximate surface area is 164 Å². The Kier molecular flexibility index (Phi) is 4.62. The van der Waals surface area contributed by atoms with Crippen molar-refractivity contribution in [2.75, 3.05) is 12.4 Å². The molecular weight excluding hydrogens is 374 g/mol. The van der Waals surface area contributed by atoms with E-state index in [0.717, 1.165) is 0 Å². The number of benzene rings is 1. The SMILES string of the molecule is COC(=O)c1cn(-c2cccc(C(=O)Nc3cccnc3)c2)cc2c(=O)[nH]nc1-2. The third-order valence-electron chi connectivity index (χ3n) is 4.29. The Morgan fingerprint density at radius 1 is 1.17 bits per heavy atom. The van der Waals surface area contributed by atoms with E-state index >= 15 is 0 Å². The van der Waals surface area contributed by atoms with E-state index in [1.165, 1.54) is 13.3 Å². The summed E-state index contributed by atoms with van der Waals surface area (Å²) in [6.07, 6.45) is 6.21. The molecular formula is C20H15N5O4. The highest BCUT2D eigenvalue weighted by atomic mass is 16.5. The lowest BCUT2D eigenvalue weighted by Crippen LogP contribution is -2.13. The van der Waals surface area contributed by atoms with E-state index in [-0.39, 0.29) is 22.7 Å². The third kappa shape index (κ3) is 3.48. The van der Waals surface area contributed by atoms with E-state index in [9.17, 15) is 14.4 Å². The van der Waals surface area contributed by atoms with Crippen LogP contribution in [-0.2, 0) is 4.74 Å². The molecule has 29 heavy (non-hydrogen) atoms. The highest BCUT2D eigenvalue weighted by Crippen LogP contribution is 2.23. The standard InChI is InChI=1S/C20H15N5O4/c1-29-20(28)16-11-25(10-15-17(16)23-24-19(15)27)14-6-2-4-12(8-14)18(26)22-13-5-3-7-21-9-13/h2-11H,1H3,(H,22,26)(H,24,27). The zero-order valence-corrected chi connectivity index (χ0v) is 15.2. The van der Waals surface area contributed by atoms with Crippen LogP contribution >= 0.6 is 0 Å². The summed E-state index contributed by atoms with van der Waals surface area (Å²) in [7, 11) is 1.25. The lowest BCUT2D eigenvalue weighted by molar-refractivity contribution is 0.0600. The third-order valence-corrected chi connectivity index (χ3v) is 4.29.